The summed E-state index contributed by atoms with van der Waals surface area (Å²) in [6, 6.07) is 3.38. The maximum atomic E-state index is 12.2. The summed E-state index contributed by atoms with van der Waals surface area (Å²) in [5.74, 6) is 0.328. The van der Waals surface area contributed by atoms with E-state index >= 15 is 0 Å². The summed E-state index contributed by atoms with van der Waals surface area (Å²) in [6.07, 6.45) is 1.83. The fourth-order valence-corrected chi connectivity index (χ4v) is 4.25. The van der Waals surface area contributed by atoms with Crippen LogP contribution in [-0.2, 0) is 10.0 Å². The monoisotopic (exact) mass is 281 g/mol. The molecule has 0 N–H and O–H groups in total. The Hall–Kier alpha value is -0.100. The molecule has 0 amide bonds. The summed E-state index contributed by atoms with van der Waals surface area (Å²) < 4.78 is 26.2. The molecule has 0 atom stereocenters. The van der Waals surface area contributed by atoms with E-state index in [2.05, 4.69) is 0 Å². The third-order valence-electron chi connectivity index (χ3n) is 2.18. The SMILES string of the molecule is CCCCN(CCCl)S(=O)(=O)c1cccs1. The standard InChI is InChI=1S/C10H16ClNO2S2/c1-2-3-7-12(8-6-11)16(13,14)10-5-4-9-15-10/h4-5,9H,2-3,6-8H2,1H3. The Balaban J connectivity index is 2.84. The van der Waals surface area contributed by atoms with Gasteiger partial charge in [-0.05, 0) is 17.9 Å². The van der Waals surface area contributed by atoms with Gasteiger partial charge in [0, 0.05) is 19.0 Å². The number of hydrogen-bond donors (Lipinski definition) is 0. The predicted molar refractivity (Wildman–Crippen MR) is 68.7 cm³/mol. The molecule has 0 fully saturated rings. The maximum Gasteiger partial charge on any atom is 0.252 e. The highest BCUT2D eigenvalue weighted by atomic mass is 35.5. The molecule has 0 spiro atoms. The quantitative estimate of drug-likeness (QED) is 0.721. The number of nitrogens with zero attached hydrogens (tertiary/aromatic N) is 1. The summed E-state index contributed by atoms with van der Waals surface area (Å²) in [4.78, 5) is 0. The van der Waals surface area contributed by atoms with Crippen molar-refractivity contribution in [2.75, 3.05) is 19.0 Å². The van der Waals surface area contributed by atoms with Crippen molar-refractivity contribution in [1.82, 2.24) is 4.31 Å². The van der Waals surface area contributed by atoms with Crippen molar-refractivity contribution in [2.24, 2.45) is 0 Å². The molecule has 0 aliphatic heterocycles. The molecule has 1 heterocycles. The summed E-state index contributed by atoms with van der Waals surface area (Å²) >= 11 is 6.88. The Kier molecular flexibility index (Phi) is 5.75. The molecular weight excluding hydrogens is 266 g/mol. The zero-order chi connectivity index (χ0) is 12.0. The van der Waals surface area contributed by atoms with Crippen LogP contribution in [-0.4, -0.2) is 31.7 Å². The van der Waals surface area contributed by atoms with E-state index in [0.29, 0.717) is 23.2 Å². The average Bonchev–Trinajstić information content (AvgIpc) is 2.77. The molecule has 92 valence electrons. The van der Waals surface area contributed by atoms with E-state index in [1.807, 2.05) is 6.92 Å². The molecule has 0 bridgehead atoms. The number of halogens is 1. The van der Waals surface area contributed by atoms with Crippen LogP contribution in [0.1, 0.15) is 19.8 Å². The van der Waals surface area contributed by atoms with Gasteiger partial charge in [0.2, 0.25) is 0 Å². The van der Waals surface area contributed by atoms with Crippen LogP contribution in [0.3, 0.4) is 0 Å². The summed E-state index contributed by atoms with van der Waals surface area (Å²) in [5, 5.41) is 1.77. The molecule has 0 radical (unpaired) electrons. The average molecular weight is 282 g/mol. The highest BCUT2D eigenvalue weighted by Gasteiger charge is 2.23. The zero-order valence-electron chi connectivity index (χ0n) is 9.23. The van der Waals surface area contributed by atoms with Crippen molar-refractivity contribution in [2.45, 2.75) is 24.0 Å². The predicted octanol–water partition coefficient (Wildman–Crippen LogP) is 2.78. The minimum Gasteiger partial charge on any atom is -0.206 e. The topological polar surface area (TPSA) is 37.4 Å². The van der Waals surface area contributed by atoms with Crippen molar-refractivity contribution in [1.29, 1.82) is 0 Å². The summed E-state index contributed by atoms with van der Waals surface area (Å²) in [6.45, 7) is 2.96. The van der Waals surface area contributed by atoms with Gasteiger partial charge in [-0.25, -0.2) is 8.42 Å². The molecule has 0 aliphatic rings. The van der Waals surface area contributed by atoms with Crippen LogP contribution in [0.2, 0.25) is 0 Å². The number of unbranched alkanes of at least 4 members (excludes halogenated alkanes) is 1. The van der Waals surface area contributed by atoms with Crippen LogP contribution in [0.5, 0.6) is 0 Å². The molecular formula is C10H16ClNO2S2. The Bertz CT molecular complexity index is 389. The van der Waals surface area contributed by atoms with Crippen molar-refractivity contribution < 1.29 is 8.42 Å². The van der Waals surface area contributed by atoms with Crippen LogP contribution in [0.25, 0.3) is 0 Å². The largest absolute Gasteiger partial charge is 0.252 e. The lowest BCUT2D eigenvalue weighted by Gasteiger charge is -2.19. The zero-order valence-corrected chi connectivity index (χ0v) is 11.6. The van der Waals surface area contributed by atoms with E-state index in [1.165, 1.54) is 15.6 Å². The van der Waals surface area contributed by atoms with E-state index in [-0.39, 0.29) is 0 Å². The van der Waals surface area contributed by atoms with E-state index in [9.17, 15) is 8.42 Å². The highest BCUT2D eigenvalue weighted by Crippen LogP contribution is 2.21. The van der Waals surface area contributed by atoms with Crippen LogP contribution in [0.4, 0.5) is 0 Å². The normalized spacial score (nSPS) is 12.2. The van der Waals surface area contributed by atoms with Crippen LogP contribution >= 0.6 is 22.9 Å². The minimum atomic E-state index is -3.32. The molecule has 0 saturated heterocycles. The van der Waals surface area contributed by atoms with Gasteiger partial charge in [0.05, 0.1) is 0 Å². The van der Waals surface area contributed by atoms with E-state index in [4.69, 9.17) is 11.6 Å². The lowest BCUT2D eigenvalue weighted by Crippen LogP contribution is -2.33. The van der Waals surface area contributed by atoms with Crippen molar-refractivity contribution in [3.8, 4) is 0 Å². The van der Waals surface area contributed by atoms with Crippen molar-refractivity contribution >= 4 is 33.0 Å². The van der Waals surface area contributed by atoms with Crippen molar-refractivity contribution in [3.05, 3.63) is 17.5 Å². The molecule has 1 aromatic rings. The van der Waals surface area contributed by atoms with Crippen LogP contribution in [0.15, 0.2) is 21.7 Å². The summed E-state index contributed by atoms with van der Waals surface area (Å²) in [7, 11) is -3.32. The smallest absolute Gasteiger partial charge is 0.206 e. The fourth-order valence-electron chi connectivity index (χ4n) is 1.32. The molecule has 3 nitrogen and oxygen atoms in total. The lowest BCUT2D eigenvalue weighted by molar-refractivity contribution is 0.421. The van der Waals surface area contributed by atoms with Gasteiger partial charge >= 0.3 is 0 Å². The molecule has 1 aromatic heterocycles. The van der Waals surface area contributed by atoms with E-state index in [1.54, 1.807) is 17.5 Å². The molecule has 16 heavy (non-hydrogen) atoms. The van der Waals surface area contributed by atoms with Gasteiger partial charge in [0.15, 0.2) is 0 Å². The second kappa shape index (κ2) is 6.59. The summed E-state index contributed by atoms with van der Waals surface area (Å²) in [5.41, 5.74) is 0. The first-order valence-electron chi connectivity index (χ1n) is 5.22. The Morgan fingerprint density at radius 2 is 2.19 bits per heavy atom. The number of alkyl halides is 1. The van der Waals surface area contributed by atoms with Gasteiger partial charge in [-0.2, -0.15) is 4.31 Å². The first-order chi connectivity index (χ1) is 7.62. The highest BCUT2D eigenvalue weighted by molar-refractivity contribution is 7.91. The maximum absolute atomic E-state index is 12.2. The van der Waals surface area contributed by atoms with E-state index < -0.39 is 10.0 Å². The van der Waals surface area contributed by atoms with Gasteiger partial charge in [0.1, 0.15) is 4.21 Å². The number of thiophene rings is 1. The fraction of sp³-hybridized carbons (Fsp3) is 0.600. The second-order valence-corrected chi connectivity index (χ2v) is 6.87. The van der Waals surface area contributed by atoms with Gasteiger partial charge in [-0.3, -0.25) is 0 Å². The van der Waals surface area contributed by atoms with Crippen LogP contribution < -0.4 is 0 Å². The lowest BCUT2D eigenvalue weighted by atomic mass is 10.3. The molecule has 0 unspecified atom stereocenters. The van der Waals surface area contributed by atoms with E-state index in [0.717, 1.165) is 12.8 Å². The second-order valence-electron chi connectivity index (χ2n) is 3.38. The third-order valence-corrected chi connectivity index (χ3v) is 5.62. The molecule has 1 rings (SSSR count). The van der Waals surface area contributed by atoms with Gasteiger partial charge < -0.3 is 0 Å². The molecule has 0 aliphatic carbocycles. The Morgan fingerprint density at radius 1 is 1.44 bits per heavy atom. The number of hydrogen-bond acceptors (Lipinski definition) is 3. The third kappa shape index (κ3) is 3.45. The number of rotatable bonds is 7. The molecule has 0 aromatic carbocycles. The first kappa shape index (κ1) is 14.0. The van der Waals surface area contributed by atoms with Gasteiger partial charge in [0.25, 0.3) is 10.0 Å². The molecule has 6 heteroatoms. The first-order valence-corrected chi connectivity index (χ1v) is 8.08. The van der Waals surface area contributed by atoms with Gasteiger partial charge in [-0.1, -0.05) is 19.4 Å². The minimum absolute atomic E-state index is 0.328. The van der Waals surface area contributed by atoms with Crippen molar-refractivity contribution in [3.63, 3.8) is 0 Å². The number of sulfonamides is 1. The Labute approximate surface area is 106 Å². The van der Waals surface area contributed by atoms with Gasteiger partial charge in [-0.15, -0.1) is 22.9 Å². The van der Waals surface area contributed by atoms with Crippen LogP contribution in [0, 0.1) is 0 Å². The Morgan fingerprint density at radius 3 is 2.69 bits per heavy atom. The molecule has 0 saturated carbocycles.